The second-order valence-electron chi connectivity index (χ2n) is 6.39. The summed E-state index contributed by atoms with van der Waals surface area (Å²) in [5.74, 6) is 3.19. The zero-order valence-corrected chi connectivity index (χ0v) is 14.8. The van der Waals surface area contributed by atoms with Gasteiger partial charge in [0.05, 0.1) is 4.58 Å². The van der Waals surface area contributed by atoms with Gasteiger partial charge in [0, 0.05) is 11.6 Å². The first-order valence-corrected chi connectivity index (χ1v) is 10.5. The van der Waals surface area contributed by atoms with E-state index < -0.39 is 0 Å². The van der Waals surface area contributed by atoms with Gasteiger partial charge in [-0.2, -0.15) is 0 Å². The molecule has 1 saturated heterocycles. The molecule has 1 amide bonds. The van der Waals surface area contributed by atoms with Crippen molar-refractivity contribution >= 4 is 29.4 Å². The molecule has 2 nitrogen and oxygen atoms in total. The van der Waals surface area contributed by atoms with E-state index >= 15 is 0 Å². The molecule has 3 rings (SSSR count). The highest BCUT2D eigenvalue weighted by Crippen LogP contribution is 2.43. The van der Waals surface area contributed by atoms with Crippen LogP contribution in [0, 0.1) is 5.92 Å². The van der Waals surface area contributed by atoms with Gasteiger partial charge in [0.15, 0.2) is 0 Å². The summed E-state index contributed by atoms with van der Waals surface area (Å²) in [6.45, 7) is 2.25. The summed E-state index contributed by atoms with van der Waals surface area (Å²) >= 11 is 4.04. The Morgan fingerprint density at radius 3 is 2.41 bits per heavy atom. The van der Waals surface area contributed by atoms with Crippen molar-refractivity contribution in [3.63, 3.8) is 0 Å². The zero-order valence-electron chi connectivity index (χ0n) is 13.2. The molecule has 0 radical (unpaired) electrons. The summed E-state index contributed by atoms with van der Waals surface area (Å²) in [7, 11) is 0. The monoisotopic (exact) mass is 335 g/mol. The second kappa shape index (κ2) is 7.78. The highest BCUT2D eigenvalue weighted by Gasteiger charge is 2.23. The van der Waals surface area contributed by atoms with Crippen LogP contribution in [0.15, 0.2) is 24.3 Å². The summed E-state index contributed by atoms with van der Waals surface area (Å²) in [6.07, 6.45) is 6.22. The molecule has 2 aliphatic rings. The van der Waals surface area contributed by atoms with E-state index in [4.69, 9.17) is 0 Å². The minimum Gasteiger partial charge on any atom is -0.349 e. The van der Waals surface area contributed by atoms with Gasteiger partial charge in [-0.15, -0.1) is 23.5 Å². The molecule has 1 aromatic carbocycles. The molecule has 22 heavy (non-hydrogen) atoms. The number of rotatable bonds is 3. The van der Waals surface area contributed by atoms with Gasteiger partial charge in [0.2, 0.25) is 0 Å². The Hall–Kier alpha value is -0.610. The van der Waals surface area contributed by atoms with E-state index in [-0.39, 0.29) is 5.91 Å². The van der Waals surface area contributed by atoms with E-state index in [0.29, 0.717) is 16.5 Å². The SMILES string of the molecule is C[C@@H]1CCCC[C@@H]1NC(=O)c1ccc(C2SCCCS2)cc1. The lowest BCUT2D eigenvalue weighted by Gasteiger charge is -2.29. The predicted molar refractivity (Wildman–Crippen MR) is 97.6 cm³/mol. The van der Waals surface area contributed by atoms with Crippen LogP contribution in [-0.4, -0.2) is 23.5 Å². The highest BCUT2D eigenvalue weighted by molar-refractivity contribution is 8.16. The molecule has 1 heterocycles. The third-order valence-electron chi connectivity index (χ3n) is 4.70. The quantitative estimate of drug-likeness (QED) is 0.855. The van der Waals surface area contributed by atoms with Crippen LogP contribution in [0.3, 0.4) is 0 Å². The van der Waals surface area contributed by atoms with E-state index in [1.54, 1.807) is 0 Å². The fourth-order valence-corrected chi connectivity index (χ4v) is 6.15. The minimum absolute atomic E-state index is 0.0919. The number of thioether (sulfide) groups is 2. The summed E-state index contributed by atoms with van der Waals surface area (Å²) in [6, 6.07) is 8.61. The van der Waals surface area contributed by atoms with Crippen LogP contribution in [0.2, 0.25) is 0 Å². The van der Waals surface area contributed by atoms with E-state index in [2.05, 4.69) is 24.4 Å². The zero-order chi connectivity index (χ0) is 15.4. The Morgan fingerprint density at radius 1 is 1.05 bits per heavy atom. The van der Waals surface area contributed by atoms with Gasteiger partial charge < -0.3 is 5.32 Å². The van der Waals surface area contributed by atoms with Crippen LogP contribution < -0.4 is 5.32 Å². The molecule has 0 spiro atoms. The van der Waals surface area contributed by atoms with E-state index in [0.717, 1.165) is 12.0 Å². The molecule has 1 aromatic rings. The van der Waals surface area contributed by atoms with Crippen LogP contribution in [-0.2, 0) is 0 Å². The molecular weight excluding hydrogens is 310 g/mol. The summed E-state index contributed by atoms with van der Waals surface area (Å²) in [5, 5.41) is 3.23. The minimum atomic E-state index is 0.0919. The Bertz CT molecular complexity index is 496. The number of nitrogens with one attached hydrogen (secondary N) is 1. The molecule has 1 N–H and O–H groups in total. The molecule has 1 aliphatic carbocycles. The lowest BCUT2D eigenvalue weighted by atomic mass is 9.86. The van der Waals surface area contributed by atoms with Gasteiger partial charge in [-0.1, -0.05) is 31.9 Å². The number of carbonyl (C=O) groups is 1. The number of hydrogen-bond donors (Lipinski definition) is 1. The summed E-state index contributed by atoms with van der Waals surface area (Å²) in [5.41, 5.74) is 2.14. The van der Waals surface area contributed by atoms with E-state index in [1.807, 2.05) is 35.7 Å². The van der Waals surface area contributed by atoms with Gasteiger partial charge in [-0.05, 0) is 54.4 Å². The van der Waals surface area contributed by atoms with Gasteiger partial charge in [0.1, 0.15) is 0 Å². The highest BCUT2D eigenvalue weighted by atomic mass is 32.2. The van der Waals surface area contributed by atoms with Gasteiger partial charge >= 0.3 is 0 Å². The van der Waals surface area contributed by atoms with Crippen molar-refractivity contribution in [2.75, 3.05) is 11.5 Å². The maximum Gasteiger partial charge on any atom is 0.251 e. The van der Waals surface area contributed by atoms with Gasteiger partial charge in [0.25, 0.3) is 5.91 Å². The fourth-order valence-electron chi connectivity index (χ4n) is 3.25. The first kappa shape index (κ1) is 16.3. The predicted octanol–water partition coefficient (Wildman–Crippen LogP) is 4.86. The molecule has 2 fully saturated rings. The lowest BCUT2D eigenvalue weighted by Crippen LogP contribution is -2.41. The van der Waals surface area contributed by atoms with Crippen LogP contribution in [0.1, 0.15) is 59.5 Å². The maximum atomic E-state index is 12.4. The molecule has 1 saturated carbocycles. The van der Waals surface area contributed by atoms with Crippen molar-refractivity contribution in [3.05, 3.63) is 35.4 Å². The number of amides is 1. The third kappa shape index (κ3) is 4.02. The van der Waals surface area contributed by atoms with Crippen LogP contribution in [0.5, 0.6) is 0 Å². The first-order valence-electron chi connectivity index (χ1n) is 8.38. The Balaban J connectivity index is 1.60. The molecule has 0 unspecified atom stereocenters. The normalized spacial score (nSPS) is 26.6. The van der Waals surface area contributed by atoms with Crippen molar-refractivity contribution in [1.82, 2.24) is 5.32 Å². The molecule has 2 atom stereocenters. The number of carbonyl (C=O) groups excluding carboxylic acids is 1. The van der Waals surface area contributed by atoms with Crippen molar-refractivity contribution in [3.8, 4) is 0 Å². The van der Waals surface area contributed by atoms with E-state index in [1.165, 1.54) is 42.8 Å². The summed E-state index contributed by atoms with van der Waals surface area (Å²) < 4.78 is 0.546. The smallest absolute Gasteiger partial charge is 0.251 e. The van der Waals surface area contributed by atoms with Gasteiger partial charge in [-0.25, -0.2) is 0 Å². The number of hydrogen-bond acceptors (Lipinski definition) is 3. The first-order chi connectivity index (χ1) is 10.7. The lowest BCUT2D eigenvalue weighted by molar-refractivity contribution is 0.0910. The molecule has 1 aliphatic heterocycles. The fraction of sp³-hybridized carbons (Fsp3) is 0.611. The molecule has 0 aromatic heterocycles. The third-order valence-corrected chi connectivity index (χ3v) is 7.72. The van der Waals surface area contributed by atoms with Crippen LogP contribution in [0.4, 0.5) is 0 Å². The standard InChI is InChI=1S/C18H25NOS2/c1-13-5-2-3-6-16(13)19-17(20)14-7-9-15(10-8-14)18-21-11-4-12-22-18/h7-10,13,16,18H,2-6,11-12H2,1H3,(H,19,20)/t13-,16+/m1/s1. The Kier molecular flexibility index (Phi) is 5.75. The molecule has 4 heteroatoms. The van der Waals surface area contributed by atoms with Crippen LogP contribution >= 0.6 is 23.5 Å². The van der Waals surface area contributed by atoms with Crippen molar-refractivity contribution in [1.29, 1.82) is 0 Å². The molecule has 0 bridgehead atoms. The Morgan fingerprint density at radius 2 is 1.73 bits per heavy atom. The topological polar surface area (TPSA) is 29.1 Å². The van der Waals surface area contributed by atoms with Crippen molar-refractivity contribution in [2.24, 2.45) is 5.92 Å². The van der Waals surface area contributed by atoms with Crippen molar-refractivity contribution < 1.29 is 4.79 Å². The molecule has 120 valence electrons. The Labute approximate surface area is 142 Å². The van der Waals surface area contributed by atoms with Gasteiger partial charge in [-0.3, -0.25) is 4.79 Å². The number of benzene rings is 1. The average Bonchev–Trinajstić information content (AvgIpc) is 2.58. The summed E-state index contributed by atoms with van der Waals surface area (Å²) in [4.78, 5) is 12.4. The van der Waals surface area contributed by atoms with Crippen molar-refractivity contribution in [2.45, 2.75) is 49.7 Å². The maximum absolute atomic E-state index is 12.4. The van der Waals surface area contributed by atoms with Crippen LogP contribution in [0.25, 0.3) is 0 Å². The largest absolute Gasteiger partial charge is 0.349 e. The molecular formula is C18H25NOS2. The van der Waals surface area contributed by atoms with E-state index in [9.17, 15) is 4.79 Å². The average molecular weight is 336 g/mol. The second-order valence-corrected chi connectivity index (χ2v) is 9.12.